The summed E-state index contributed by atoms with van der Waals surface area (Å²) >= 11 is 0. The van der Waals surface area contributed by atoms with Gasteiger partial charge in [0, 0.05) is 41.0 Å². The predicted octanol–water partition coefficient (Wildman–Crippen LogP) is 3.52. The molecule has 2 N–H and O–H groups in total. The Morgan fingerprint density at radius 3 is 2.86 bits per heavy atom. The first kappa shape index (κ1) is 18.2. The number of aromatic nitrogens is 1. The van der Waals surface area contributed by atoms with Crippen LogP contribution in [-0.2, 0) is 27.2 Å². The molecule has 1 amide bonds. The van der Waals surface area contributed by atoms with Gasteiger partial charge < -0.3 is 15.0 Å². The number of ether oxygens (including phenoxy) is 1. The molecule has 0 unspecified atom stereocenters. The van der Waals surface area contributed by atoms with Crippen LogP contribution in [0.2, 0.25) is 0 Å². The number of esters is 1. The number of benzene rings is 1. The third kappa shape index (κ3) is 3.26. The Balaban J connectivity index is 1.76. The number of anilines is 1. The number of carbonyl (C=O) groups is 3. The van der Waals surface area contributed by atoms with Crippen molar-refractivity contribution in [3.63, 3.8) is 0 Å². The van der Waals surface area contributed by atoms with E-state index in [9.17, 15) is 14.4 Å². The van der Waals surface area contributed by atoms with E-state index in [0.29, 0.717) is 30.6 Å². The van der Waals surface area contributed by atoms with Gasteiger partial charge in [0.2, 0.25) is 0 Å². The molecule has 0 spiro atoms. The lowest BCUT2D eigenvalue weighted by molar-refractivity contribution is -0.143. The van der Waals surface area contributed by atoms with Crippen molar-refractivity contribution in [2.75, 3.05) is 11.9 Å². The topological polar surface area (TPSA) is 88.3 Å². The number of rotatable bonds is 5. The number of carbonyl (C=O) groups excluding carboxylic acids is 3. The van der Waals surface area contributed by atoms with E-state index in [1.165, 1.54) is 0 Å². The Bertz CT molecular complexity index is 1000. The molecule has 0 bridgehead atoms. The van der Waals surface area contributed by atoms with Crippen molar-refractivity contribution >= 4 is 35.0 Å². The first-order valence-electron chi connectivity index (χ1n) is 9.63. The maximum Gasteiger partial charge on any atom is 0.306 e. The van der Waals surface area contributed by atoms with Crippen molar-refractivity contribution in [1.82, 2.24) is 4.98 Å². The summed E-state index contributed by atoms with van der Waals surface area (Å²) < 4.78 is 5.03. The molecule has 6 heteroatoms. The predicted molar refractivity (Wildman–Crippen MR) is 106 cm³/mol. The number of fused-ring (bicyclic) bond motifs is 2. The van der Waals surface area contributed by atoms with Crippen molar-refractivity contribution < 1.29 is 19.1 Å². The van der Waals surface area contributed by atoms with E-state index in [2.05, 4.69) is 10.3 Å². The normalized spacial score (nSPS) is 16.7. The average Bonchev–Trinajstić information content (AvgIpc) is 3.19. The zero-order chi connectivity index (χ0) is 19.7. The second-order valence-corrected chi connectivity index (χ2v) is 7.01. The average molecular weight is 378 g/mol. The molecule has 0 radical (unpaired) electrons. The number of aryl methyl sites for hydroxylation is 1. The Morgan fingerprint density at radius 1 is 1.21 bits per heavy atom. The van der Waals surface area contributed by atoms with Gasteiger partial charge in [-0.1, -0.05) is 18.2 Å². The lowest BCUT2D eigenvalue weighted by Crippen LogP contribution is -2.12. The van der Waals surface area contributed by atoms with Crippen LogP contribution in [-0.4, -0.2) is 29.3 Å². The molecule has 0 saturated heterocycles. The highest BCUT2D eigenvalue weighted by molar-refractivity contribution is 6.34. The molecule has 6 nitrogen and oxygen atoms in total. The Labute approximate surface area is 163 Å². The molecule has 1 aliphatic heterocycles. The molecule has 0 fully saturated rings. The zero-order valence-electron chi connectivity index (χ0n) is 15.8. The van der Waals surface area contributed by atoms with E-state index in [0.717, 1.165) is 41.0 Å². The second-order valence-electron chi connectivity index (χ2n) is 7.01. The summed E-state index contributed by atoms with van der Waals surface area (Å²) in [6.45, 7) is 2.10. The molecule has 0 atom stereocenters. The molecular weight excluding hydrogens is 356 g/mol. The molecule has 144 valence electrons. The molecule has 28 heavy (non-hydrogen) atoms. The van der Waals surface area contributed by atoms with E-state index in [-0.39, 0.29) is 24.1 Å². The number of para-hydroxylation sites is 1. The van der Waals surface area contributed by atoms with Gasteiger partial charge in [0.25, 0.3) is 5.91 Å². The molecule has 2 heterocycles. The third-order valence-electron chi connectivity index (χ3n) is 5.21. The monoisotopic (exact) mass is 378 g/mol. The van der Waals surface area contributed by atoms with Crippen molar-refractivity contribution in [3.05, 3.63) is 52.3 Å². The fraction of sp³-hybridized carbons (Fsp3) is 0.318. The molecule has 2 aromatic rings. The molecule has 0 saturated carbocycles. The largest absolute Gasteiger partial charge is 0.466 e. The van der Waals surface area contributed by atoms with Gasteiger partial charge in [-0.3, -0.25) is 14.4 Å². The fourth-order valence-electron chi connectivity index (χ4n) is 3.96. The van der Waals surface area contributed by atoms with Crippen LogP contribution in [0, 0.1) is 0 Å². The first-order valence-corrected chi connectivity index (χ1v) is 9.63. The maximum absolute atomic E-state index is 12.6. The van der Waals surface area contributed by atoms with Gasteiger partial charge >= 0.3 is 5.97 Å². The van der Waals surface area contributed by atoms with Gasteiger partial charge in [0.05, 0.1) is 12.2 Å². The minimum atomic E-state index is -0.289. The standard InChI is InChI=1S/C22H22N2O4/c1-2-28-20(26)11-10-14-18(23-17-8-5-9-19(25)21(14)17)12-15-13-6-3-4-7-16(13)24-22(15)27/h3-4,6-7,12,23H,2,5,8-11H2,1H3,(H,24,27). The highest BCUT2D eigenvalue weighted by Gasteiger charge is 2.28. The quantitative estimate of drug-likeness (QED) is 0.615. The minimum Gasteiger partial charge on any atom is -0.466 e. The number of nitrogens with one attached hydrogen (secondary N) is 2. The molecular formula is C22H22N2O4. The summed E-state index contributed by atoms with van der Waals surface area (Å²) in [5, 5.41) is 2.86. The minimum absolute atomic E-state index is 0.0947. The number of aromatic amines is 1. The van der Waals surface area contributed by atoms with Crippen molar-refractivity contribution in [2.24, 2.45) is 0 Å². The Kier molecular flexibility index (Phi) is 4.86. The number of ketones is 1. The van der Waals surface area contributed by atoms with Crippen LogP contribution >= 0.6 is 0 Å². The number of H-pyrrole nitrogens is 1. The van der Waals surface area contributed by atoms with E-state index < -0.39 is 0 Å². The molecule has 4 rings (SSSR count). The van der Waals surface area contributed by atoms with E-state index in [1.54, 1.807) is 13.0 Å². The van der Waals surface area contributed by atoms with Gasteiger partial charge in [-0.25, -0.2) is 0 Å². The van der Waals surface area contributed by atoms with E-state index in [1.807, 2.05) is 24.3 Å². The Morgan fingerprint density at radius 2 is 2.04 bits per heavy atom. The smallest absolute Gasteiger partial charge is 0.306 e. The number of Topliss-reactive ketones (excluding diaryl/α,β-unsaturated/α-hetero) is 1. The van der Waals surface area contributed by atoms with Crippen molar-refractivity contribution in [3.8, 4) is 0 Å². The summed E-state index contributed by atoms with van der Waals surface area (Å²) in [5.41, 5.74) is 5.28. The molecule has 1 aliphatic carbocycles. The summed E-state index contributed by atoms with van der Waals surface area (Å²) in [6.07, 6.45) is 4.51. The van der Waals surface area contributed by atoms with Crippen LogP contribution in [0.1, 0.15) is 59.1 Å². The second kappa shape index (κ2) is 7.46. The van der Waals surface area contributed by atoms with Crippen LogP contribution in [0.15, 0.2) is 24.3 Å². The molecule has 2 aliphatic rings. The third-order valence-corrected chi connectivity index (χ3v) is 5.21. The zero-order valence-corrected chi connectivity index (χ0v) is 15.8. The summed E-state index contributed by atoms with van der Waals surface area (Å²) in [7, 11) is 0. The highest BCUT2D eigenvalue weighted by atomic mass is 16.5. The molecule has 1 aromatic heterocycles. The number of amides is 1. The lowest BCUT2D eigenvalue weighted by Gasteiger charge is -2.11. The number of hydrogen-bond acceptors (Lipinski definition) is 4. The summed E-state index contributed by atoms with van der Waals surface area (Å²) in [6, 6.07) is 7.51. The highest BCUT2D eigenvalue weighted by Crippen LogP contribution is 2.35. The van der Waals surface area contributed by atoms with E-state index in [4.69, 9.17) is 4.74 Å². The van der Waals surface area contributed by atoms with Crippen LogP contribution in [0.4, 0.5) is 5.69 Å². The maximum atomic E-state index is 12.6. The van der Waals surface area contributed by atoms with E-state index >= 15 is 0 Å². The van der Waals surface area contributed by atoms with Crippen LogP contribution in [0.3, 0.4) is 0 Å². The van der Waals surface area contributed by atoms with Crippen LogP contribution in [0.25, 0.3) is 11.6 Å². The Hall–Kier alpha value is -3.15. The van der Waals surface area contributed by atoms with Crippen LogP contribution in [0.5, 0.6) is 0 Å². The van der Waals surface area contributed by atoms with Crippen LogP contribution < -0.4 is 5.32 Å². The van der Waals surface area contributed by atoms with Gasteiger partial charge in [0.15, 0.2) is 5.78 Å². The molecule has 1 aromatic carbocycles. The van der Waals surface area contributed by atoms with Gasteiger partial charge in [0.1, 0.15) is 0 Å². The summed E-state index contributed by atoms with van der Waals surface area (Å²) in [4.78, 5) is 40.2. The van der Waals surface area contributed by atoms with Gasteiger partial charge in [-0.15, -0.1) is 0 Å². The lowest BCUT2D eigenvalue weighted by atomic mass is 9.91. The first-order chi connectivity index (χ1) is 13.6. The fourth-order valence-corrected chi connectivity index (χ4v) is 3.96. The summed E-state index contributed by atoms with van der Waals surface area (Å²) in [5.74, 6) is -0.364. The van der Waals surface area contributed by atoms with Crippen molar-refractivity contribution in [1.29, 1.82) is 0 Å². The van der Waals surface area contributed by atoms with Gasteiger partial charge in [-0.2, -0.15) is 0 Å². The van der Waals surface area contributed by atoms with Gasteiger partial charge in [-0.05, 0) is 43.9 Å². The SMILES string of the molecule is CCOC(=O)CCc1c(C=C2C(=O)Nc3ccccc32)[nH]c2c1C(=O)CCC2. The number of hydrogen-bond donors (Lipinski definition) is 2. The van der Waals surface area contributed by atoms with Crippen molar-refractivity contribution in [2.45, 2.75) is 39.0 Å².